The molecule has 0 bridgehead atoms. The molecule has 1 saturated heterocycles. The number of nitrogens with zero attached hydrogens (tertiary/aromatic N) is 4. The molecule has 1 aromatic rings. The van der Waals surface area contributed by atoms with Gasteiger partial charge in [0.25, 0.3) is 0 Å². The van der Waals surface area contributed by atoms with Crippen molar-refractivity contribution in [3.8, 4) is 0 Å². The molecule has 1 aromatic heterocycles. The number of nitrogens with one attached hydrogen (secondary N) is 1. The summed E-state index contributed by atoms with van der Waals surface area (Å²) in [4.78, 5) is 9.50. The van der Waals surface area contributed by atoms with Crippen molar-refractivity contribution in [2.75, 3.05) is 46.4 Å². The molecule has 1 unspecified atom stereocenters. The molecular weight excluding hydrogens is 314 g/mol. The Morgan fingerprint density at radius 3 is 2.92 bits per heavy atom. The van der Waals surface area contributed by atoms with Crippen molar-refractivity contribution in [2.24, 2.45) is 18.0 Å². The Kier molecular flexibility index (Phi) is 7.78. The highest BCUT2D eigenvalue weighted by molar-refractivity contribution is 5.79. The second-order valence-corrected chi connectivity index (χ2v) is 7.31. The largest absolute Gasteiger partial charge is 0.374 e. The molecule has 1 aliphatic heterocycles. The Morgan fingerprint density at radius 1 is 1.48 bits per heavy atom. The van der Waals surface area contributed by atoms with Crippen molar-refractivity contribution in [1.29, 1.82) is 0 Å². The van der Waals surface area contributed by atoms with Crippen LogP contribution in [0.5, 0.6) is 0 Å². The van der Waals surface area contributed by atoms with Gasteiger partial charge in [0, 0.05) is 52.2 Å². The zero-order valence-electron chi connectivity index (χ0n) is 16.5. The third kappa shape index (κ3) is 6.36. The molecule has 2 rings (SSSR count). The molecule has 6 nitrogen and oxygen atoms in total. The molecule has 0 spiro atoms. The van der Waals surface area contributed by atoms with Crippen molar-refractivity contribution in [1.82, 2.24) is 19.7 Å². The van der Waals surface area contributed by atoms with Gasteiger partial charge in [-0.2, -0.15) is 0 Å². The molecule has 0 saturated carbocycles. The summed E-state index contributed by atoms with van der Waals surface area (Å²) in [7, 11) is 4.16. The van der Waals surface area contributed by atoms with Gasteiger partial charge in [-0.15, -0.1) is 0 Å². The Labute approximate surface area is 152 Å². The fraction of sp³-hybridized carbons (Fsp3) is 0.737. The van der Waals surface area contributed by atoms with Crippen molar-refractivity contribution in [2.45, 2.75) is 33.4 Å². The fourth-order valence-corrected chi connectivity index (χ4v) is 3.21. The lowest BCUT2D eigenvalue weighted by molar-refractivity contribution is -0.0262. The molecule has 142 valence electrons. The lowest BCUT2D eigenvalue weighted by atomic mass is 10.2. The summed E-state index contributed by atoms with van der Waals surface area (Å²) < 4.78 is 8.07. The number of hydrogen-bond donors (Lipinski definition) is 1. The molecular formula is C19H35N5O. The van der Waals surface area contributed by atoms with E-state index in [2.05, 4.69) is 72.9 Å². The summed E-state index contributed by atoms with van der Waals surface area (Å²) in [5.41, 5.74) is 1.27. The van der Waals surface area contributed by atoms with Crippen LogP contribution in [0.2, 0.25) is 0 Å². The maximum absolute atomic E-state index is 5.92. The molecule has 0 aliphatic carbocycles. The fourth-order valence-electron chi connectivity index (χ4n) is 3.21. The van der Waals surface area contributed by atoms with Gasteiger partial charge in [0.1, 0.15) is 0 Å². The minimum Gasteiger partial charge on any atom is -0.374 e. The van der Waals surface area contributed by atoms with Gasteiger partial charge in [-0.1, -0.05) is 13.8 Å². The summed E-state index contributed by atoms with van der Waals surface area (Å²) >= 11 is 0. The SMILES string of the molecule is CCNC(=NCC1CN(CC(C)C)CCO1)N(C)Cc1cccn1C. The van der Waals surface area contributed by atoms with Crippen LogP contribution in [0.15, 0.2) is 23.3 Å². The first-order valence-corrected chi connectivity index (χ1v) is 9.43. The van der Waals surface area contributed by atoms with E-state index >= 15 is 0 Å². The minimum atomic E-state index is 0.185. The molecule has 25 heavy (non-hydrogen) atoms. The number of aromatic nitrogens is 1. The van der Waals surface area contributed by atoms with E-state index in [1.165, 1.54) is 5.69 Å². The molecule has 2 heterocycles. The highest BCUT2D eigenvalue weighted by atomic mass is 16.5. The summed E-state index contributed by atoms with van der Waals surface area (Å²) in [6.07, 6.45) is 2.26. The second-order valence-electron chi connectivity index (χ2n) is 7.31. The average molecular weight is 350 g/mol. The van der Waals surface area contributed by atoms with E-state index in [9.17, 15) is 0 Å². The predicted molar refractivity (Wildman–Crippen MR) is 104 cm³/mol. The van der Waals surface area contributed by atoms with Gasteiger partial charge in [-0.3, -0.25) is 9.89 Å². The Balaban J connectivity index is 1.93. The topological polar surface area (TPSA) is 45.0 Å². The van der Waals surface area contributed by atoms with Crippen molar-refractivity contribution < 1.29 is 4.74 Å². The molecule has 1 fully saturated rings. The van der Waals surface area contributed by atoms with Crippen LogP contribution in [0.4, 0.5) is 0 Å². The lowest BCUT2D eigenvalue weighted by Crippen LogP contribution is -2.46. The number of guanidine groups is 1. The number of hydrogen-bond acceptors (Lipinski definition) is 3. The van der Waals surface area contributed by atoms with Crippen molar-refractivity contribution in [3.63, 3.8) is 0 Å². The van der Waals surface area contributed by atoms with E-state index in [1.54, 1.807) is 0 Å². The first-order valence-electron chi connectivity index (χ1n) is 9.43. The van der Waals surface area contributed by atoms with Gasteiger partial charge in [0.15, 0.2) is 5.96 Å². The smallest absolute Gasteiger partial charge is 0.194 e. The summed E-state index contributed by atoms with van der Waals surface area (Å²) in [5, 5.41) is 3.39. The van der Waals surface area contributed by atoms with Crippen LogP contribution in [0, 0.1) is 5.92 Å². The van der Waals surface area contributed by atoms with E-state index in [4.69, 9.17) is 9.73 Å². The number of aryl methyl sites for hydroxylation is 1. The van der Waals surface area contributed by atoms with Gasteiger partial charge in [0.05, 0.1) is 25.8 Å². The van der Waals surface area contributed by atoms with Crippen LogP contribution < -0.4 is 5.32 Å². The Hall–Kier alpha value is -1.53. The summed E-state index contributed by atoms with van der Waals surface area (Å²) in [5.74, 6) is 1.63. The molecule has 0 radical (unpaired) electrons. The number of ether oxygens (including phenoxy) is 1. The first kappa shape index (κ1) is 19.8. The lowest BCUT2D eigenvalue weighted by Gasteiger charge is -2.33. The van der Waals surface area contributed by atoms with Crippen LogP contribution in [0.3, 0.4) is 0 Å². The highest BCUT2D eigenvalue weighted by Gasteiger charge is 2.21. The monoisotopic (exact) mass is 349 g/mol. The van der Waals surface area contributed by atoms with Crippen LogP contribution in [0.1, 0.15) is 26.5 Å². The minimum absolute atomic E-state index is 0.185. The molecule has 1 N–H and O–H groups in total. The van der Waals surface area contributed by atoms with Crippen LogP contribution in [0.25, 0.3) is 0 Å². The molecule has 6 heteroatoms. The Bertz CT molecular complexity index is 540. The van der Waals surface area contributed by atoms with Crippen molar-refractivity contribution in [3.05, 3.63) is 24.0 Å². The zero-order valence-corrected chi connectivity index (χ0v) is 16.5. The van der Waals surface area contributed by atoms with Gasteiger partial charge in [-0.05, 0) is 25.0 Å². The number of aliphatic imine (C=N–C) groups is 1. The van der Waals surface area contributed by atoms with E-state index < -0.39 is 0 Å². The standard InChI is InChI=1S/C19H35N5O/c1-6-20-19(23(5)14-17-8-7-9-22(17)4)21-12-18-15-24(10-11-25-18)13-16(2)3/h7-9,16,18H,6,10-15H2,1-5H3,(H,20,21). The number of rotatable bonds is 7. The van der Waals surface area contributed by atoms with E-state index in [0.717, 1.165) is 45.3 Å². The molecule has 0 amide bonds. The van der Waals surface area contributed by atoms with E-state index in [0.29, 0.717) is 12.5 Å². The third-order valence-electron chi connectivity index (χ3n) is 4.44. The van der Waals surface area contributed by atoms with Crippen LogP contribution in [-0.2, 0) is 18.3 Å². The maximum atomic E-state index is 5.92. The van der Waals surface area contributed by atoms with E-state index in [1.807, 2.05) is 0 Å². The first-order chi connectivity index (χ1) is 12.0. The predicted octanol–water partition coefficient (Wildman–Crippen LogP) is 1.78. The highest BCUT2D eigenvalue weighted by Crippen LogP contribution is 2.09. The van der Waals surface area contributed by atoms with Gasteiger partial charge >= 0.3 is 0 Å². The van der Waals surface area contributed by atoms with E-state index in [-0.39, 0.29) is 6.10 Å². The normalized spacial score (nSPS) is 19.4. The van der Waals surface area contributed by atoms with Crippen LogP contribution >= 0.6 is 0 Å². The van der Waals surface area contributed by atoms with Gasteiger partial charge in [0.2, 0.25) is 0 Å². The van der Waals surface area contributed by atoms with Crippen molar-refractivity contribution >= 4 is 5.96 Å². The quantitative estimate of drug-likeness (QED) is 0.602. The maximum Gasteiger partial charge on any atom is 0.194 e. The molecule has 1 atom stereocenters. The van der Waals surface area contributed by atoms with Gasteiger partial charge in [-0.25, -0.2) is 0 Å². The summed E-state index contributed by atoms with van der Waals surface area (Å²) in [6, 6.07) is 4.22. The second kappa shape index (κ2) is 9.82. The molecule has 0 aromatic carbocycles. The molecule has 1 aliphatic rings. The van der Waals surface area contributed by atoms with Gasteiger partial charge < -0.3 is 19.5 Å². The zero-order chi connectivity index (χ0) is 18.2. The van der Waals surface area contributed by atoms with Crippen LogP contribution in [-0.4, -0.2) is 72.8 Å². The average Bonchev–Trinajstić information content (AvgIpc) is 2.96. The number of morpholine rings is 1. The third-order valence-corrected chi connectivity index (χ3v) is 4.44. The Morgan fingerprint density at radius 2 is 2.28 bits per heavy atom. The summed E-state index contributed by atoms with van der Waals surface area (Å²) in [6.45, 7) is 13.0.